The minimum absolute atomic E-state index is 0.0999. The third-order valence-electron chi connectivity index (χ3n) is 4.16. The van der Waals surface area contributed by atoms with Gasteiger partial charge >= 0.3 is 0 Å². The van der Waals surface area contributed by atoms with Gasteiger partial charge in [0.2, 0.25) is 0 Å². The van der Waals surface area contributed by atoms with Crippen LogP contribution in [0, 0.1) is 6.92 Å². The van der Waals surface area contributed by atoms with Crippen LogP contribution < -0.4 is 15.5 Å². The first-order chi connectivity index (χ1) is 12.2. The number of nitrogens with one attached hydrogen (secondary N) is 2. The van der Waals surface area contributed by atoms with Crippen molar-refractivity contribution in [1.82, 2.24) is 20.3 Å². The molecule has 7 heteroatoms. The Balaban J connectivity index is 1.51. The summed E-state index contributed by atoms with van der Waals surface area (Å²) in [5, 5.41) is 6.15. The number of aryl methyl sites for hydroxylation is 1. The van der Waals surface area contributed by atoms with Crippen molar-refractivity contribution in [3.05, 3.63) is 42.0 Å². The first-order valence-electron chi connectivity index (χ1n) is 8.75. The fourth-order valence-corrected chi connectivity index (χ4v) is 2.90. The van der Waals surface area contributed by atoms with Gasteiger partial charge in [-0.15, -0.1) is 0 Å². The number of carbonyl (C=O) groups is 1. The van der Waals surface area contributed by atoms with Gasteiger partial charge in [-0.2, -0.15) is 0 Å². The van der Waals surface area contributed by atoms with Crippen LogP contribution in [-0.4, -0.2) is 47.0 Å². The molecule has 2 aromatic rings. The summed E-state index contributed by atoms with van der Waals surface area (Å²) in [7, 11) is 0. The number of rotatable bonds is 6. The van der Waals surface area contributed by atoms with Crippen molar-refractivity contribution in [2.45, 2.75) is 26.2 Å². The highest BCUT2D eigenvalue weighted by Crippen LogP contribution is 2.20. The molecule has 1 aliphatic rings. The lowest BCUT2D eigenvalue weighted by Gasteiger charge is -2.28. The Bertz CT molecular complexity index is 700. The summed E-state index contributed by atoms with van der Waals surface area (Å²) in [6.45, 7) is 5.13. The molecule has 1 fully saturated rings. The molecular formula is C18H24N6O. The summed E-state index contributed by atoms with van der Waals surface area (Å²) >= 11 is 0. The van der Waals surface area contributed by atoms with E-state index in [9.17, 15) is 4.79 Å². The van der Waals surface area contributed by atoms with Crippen molar-refractivity contribution in [1.29, 1.82) is 0 Å². The number of pyridine rings is 1. The molecule has 1 amide bonds. The predicted molar refractivity (Wildman–Crippen MR) is 97.9 cm³/mol. The van der Waals surface area contributed by atoms with Gasteiger partial charge in [0.1, 0.15) is 17.5 Å². The first-order valence-corrected chi connectivity index (χ1v) is 8.75. The summed E-state index contributed by atoms with van der Waals surface area (Å²) in [5.41, 5.74) is 0.611. The van der Waals surface area contributed by atoms with Crippen LogP contribution >= 0.6 is 0 Å². The zero-order chi connectivity index (χ0) is 17.5. The Labute approximate surface area is 147 Å². The van der Waals surface area contributed by atoms with E-state index in [1.807, 2.05) is 13.0 Å². The standard InChI is InChI=1S/C18H24N6O/c1-14-22-16(13-17(23-14)24-11-3-2-4-12-24)20-9-10-21-18(25)15-5-7-19-8-6-15/h5-8,13H,2-4,9-12H2,1H3,(H,21,25)(H,20,22,23). The van der Waals surface area contributed by atoms with Crippen LogP contribution in [0.4, 0.5) is 11.6 Å². The smallest absolute Gasteiger partial charge is 0.251 e. The van der Waals surface area contributed by atoms with Crippen molar-refractivity contribution < 1.29 is 4.79 Å². The van der Waals surface area contributed by atoms with Crippen molar-refractivity contribution in [2.24, 2.45) is 0 Å². The molecule has 0 aliphatic carbocycles. The molecule has 1 aliphatic heterocycles. The number of hydrogen-bond donors (Lipinski definition) is 2. The molecule has 2 aromatic heterocycles. The zero-order valence-electron chi connectivity index (χ0n) is 14.5. The second-order valence-corrected chi connectivity index (χ2v) is 6.12. The quantitative estimate of drug-likeness (QED) is 0.783. The van der Waals surface area contributed by atoms with Crippen LogP contribution in [0.1, 0.15) is 35.4 Å². The molecule has 3 rings (SSSR count). The van der Waals surface area contributed by atoms with Gasteiger partial charge in [0.05, 0.1) is 0 Å². The summed E-state index contributed by atoms with van der Waals surface area (Å²) in [5.74, 6) is 2.44. The largest absolute Gasteiger partial charge is 0.368 e. The Morgan fingerprint density at radius 3 is 2.64 bits per heavy atom. The molecule has 3 heterocycles. The molecule has 2 N–H and O–H groups in total. The monoisotopic (exact) mass is 340 g/mol. The lowest BCUT2D eigenvalue weighted by molar-refractivity contribution is 0.0955. The lowest BCUT2D eigenvalue weighted by Crippen LogP contribution is -2.31. The Kier molecular flexibility index (Phi) is 5.77. The number of nitrogens with zero attached hydrogens (tertiary/aromatic N) is 4. The Hall–Kier alpha value is -2.70. The molecular weight excluding hydrogens is 316 g/mol. The maximum atomic E-state index is 12.0. The van der Waals surface area contributed by atoms with Crippen molar-refractivity contribution in [2.75, 3.05) is 36.4 Å². The molecule has 1 saturated heterocycles. The van der Waals surface area contributed by atoms with Crippen molar-refractivity contribution >= 4 is 17.5 Å². The first kappa shape index (κ1) is 17.1. The minimum atomic E-state index is -0.0999. The van der Waals surface area contributed by atoms with Crippen LogP contribution in [0.25, 0.3) is 0 Å². The van der Waals surface area contributed by atoms with E-state index in [2.05, 4.69) is 30.5 Å². The van der Waals surface area contributed by atoms with Gasteiger partial charge in [0.25, 0.3) is 5.91 Å². The summed E-state index contributed by atoms with van der Waals surface area (Å²) in [6, 6.07) is 5.38. The Morgan fingerprint density at radius 1 is 1.12 bits per heavy atom. The maximum Gasteiger partial charge on any atom is 0.251 e. The second kappa shape index (κ2) is 8.41. The number of hydrogen-bond acceptors (Lipinski definition) is 6. The third kappa shape index (κ3) is 4.89. The van der Waals surface area contributed by atoms with Crippen molar-refractivity contribution in [3.63, 3.8) is 0 Å². The zero-order valence-corrected chi connectivity index (χ0v) is 14.5. The topological polar surface area (TPSA) is 83.0 Å². The number of piperidine rings is 1. The molecule has 0 bridgehead atoms. The number of anilines is 2. The minimum Gasteiger partial charge on any atom is -0.368 e. The predicted octanol–water partition coefficient (Wildman–Crippen LogP) is 2.01. The average molecular weight is 340 g/mol. The SMILES string of the molecule is Cc1nc(NCCNC(=O)c2ccncc2)cc(N2CCCCC2)n1. The molecule has 132 valence electrons. The van der Waals surface area contributed by atoms with Gasteiger partial charge in [0.15, 0.2) is 0 Å². The van der Waals surface area contributed by atoms with E-state index >= 15 is 0 Å². The van der Waals surface area contributed by atoms with Crippen LogP contribution in [0.5, 0.6) is 0 Å². The number of aromatic nitrogens is 3. The molecule has 25 heavy (non-hydrogen) atoms. The van der Waals surface area contributed by atoms with E-state index < -0.39 is 0 Å². The van der Waals surface area contributed by atoms with Gasteiger partial charge in [0, 0.05) is 50.2 Å². The van der Waals surface area contributed by atoms with Gasteiger partial charge in [-0.3, -0.25) is 9.78 Å². The van der Waals surface area contributed by atoms with E-state index in [0.29, 0.717) is 18.7 Å². The molecule has 0 unspecified atom stereocenters. The molecule has 0 aromatic carbocycles. The lowest BCUT2D eigenvalue weighted by atomic mass is 10.1. The van der Waals surface area contributed by atoms with Gasteiger partial charge < -0.3 is 15.5 Å². The van der Waals surface area contributed by atoms with E-state index in [1.165, 1.54) is 19.3 Å². The average Bonchev–Trinajstić information content (AvgIpc) is 2.66. The second-order valence-electron chi connectivity index (χ2n) is 6.12. The van der Waals surface area contributed by atoms with Gasteiger partial charge in [-0.1, -0.05) is 0 Å². The number of amides is 1. The number of carbonyl (C=O) groups excluding carboxylic acids is 1. The van der Waals surface area contributed by atoms with Gasteiger partial charge in [-0.25, -0.2) is 9.97 Å². The highest BCUT2D eigenvalue weighted by molar-refractivity contribution is 5.93. The van der Waals surface area contributed by atoms with E-state index in [4.69, 9.17) is 0 Å². The summed E-state index contributed by atoms with van der Waals surface area (Å²) in [4.78, 5) is 27.2. The van der Waals surface area contributed by atoms with Crippen LogP contribution in [-0.2, 0) is 0 Å². The summed E-state index contributed by atoms with van der Waals surface area (Å²) < 4.78 is 0. The van der Waals surface area contributed by atoms with Gasteiger partial charge in [-0.05, 0) is 38.3 Å². The highest BCUT2D eigenvalue weighted by Gasteiger charge is 2.13. The molecule has 0 spiro atoms. The van der Waals surface area contributed by atoms with Crippen LogP contribution in [0.15, 0.2) is 30.6 Å². The fourth-order valence-electron chi connectivity index (χ4n) is 2.90. The molecule has 0 radical (unpaired) electrons. The highest BCUT2D eigenvalue weighted by atomic mass is 16.1. The third-order valence-corrected chi connectivity index (χ3v) is 4.16. The summed E-state index contributed by atoms with van der Waals surface area (Å²) in [6.07, 6.45) is 6.94. The maximum absolute atomic E-state index is 12.0. The van der Waals surface area contributed by atoms with Crippen LogP contribution in [0.2, 0.25) is 0 Å². The molecule has 7 nitrogen and oxygen atoms in total. The van der Waals surface area contributed by atoms with Crippen LogP contribution in [0.3, 0.4) is 0 Å². The fraction of sp³-hybridized carbons (Fsp3) is 0.444. The van der Waals surface area contributed by atoms with E-state index in [0.717, 1.165) is 30.5 Å². The normalized spacial score (nSPS) is 14.2. The molecule has 0 saturated carbocycles. The van der Waals surface area contributed by atoms with Crippen molar-refractivity contribution in [3.8, 4) is 0 Å². The van der Waals surface area contributed by atoms with E-state index in [-0.39, 0.29) is 5.91 Å². The Morgan fingerprint density at radius 2 is 1.88 bits per heavy atom. The molecule has 0 atom stereocenters. The van der Waals surface area contributed by atoms with E-state index in [1.54, 1.807) is 24.5 Å².